The minimum absolute atomic E-state index is 0.0228. The topological polar surface area (TPSA) is 49.9 Å². The Hall–Kier alpha value is -1.95. The first-order valence-corrected chi connectivity index (χ1v) is 6.90. The van der Waals surface area contributed by atoms with Gasteiger partial charge in [0.15, 0.2) is 0 Å². The summed E-state index contributed by atoms with van der Waals surface area (Å²) in [5.74, 6) is 1.03. The first-order chi connectivity index (χ1) is 10.1. The van der Waals surface area contributed by atoms with Crippen LogP contribution in [0.4, 0.5) is 8.78 Å². The smallest absolute Gasteiger partial charge is 0.387 e. The lowest BCUT2D eigenvalue weighted by molar-refractivity contribution is -0.0507. The van der Waals surface area contributed by atoms with Gasteiger partial charge in [0, 0.05) is 24.0 Å². The van der Waals surface area contributed by atoms with E-state index in [1.165, 1.54) is 0 Å². The predicted molar refractivity (Wildman–Crippen MR) is 76.2 cm³/mol. The van der Waals surface area contributed by atoms with Gasteiger partial charge in [0.2, 0.25) is 0 Å². The third-order valence-corrected chi connectivity index (χ3v) is 3.31. The number of alkyl halides is 2. The summed E-state index contributed by atoms with van der Waals surface area (Å²) in [6.45, 7) is 1.12. The Kier molecular flexibility index (Phi) is 5.27. The number of imidazole rings is 1. The highest BCUT2D eigenvalue weighted by atomic mass is 19.3. The van der Waals surface area contributed by atoms with Crippen LogP contribution in [0.15, 0.2) is 36.7 Å². The van der Waals surface area contributed by atoms with Gasteiger partial charge >= 0.3 is 6.61 Å². The standard InChI is InChI=1S/C15H19F2N3O/c1-3-12(14-18-8-9-19-14)20-10(2)11-6-4-5-7-13(11)21-15(16)17/h4-10,12,15,20H,3H2,1-2H3,(H,18,19). The number of nitrogens with zero attached hydrogens (tertiary/aromatic N) is 1. The van der Waals surface area contributed by atoms with Gasteiger partial charge in [0.25, 0.3) is 0 Å². The highest BCUT2D eigenvalue weighted by molar-refractivity contribution is 5.35. The number of rotatable bonds is 7. The highest BCUT2D eigenvalue weighted by Crippen LogP contribution is 2.28. The Morgan fingerprint density at radius 3 is 2.71 bits per heavy atom. The number of para-hydroxylation sites is 1. The molecule has 0 saturated carbocycles. The summed E-state index contributed by atoms with van der Waals surface area (Å²) < 4.78 is 29.5. The summed E-state index contributed by atoms with van der Waals surface area (Å²) >= 11 is 0. The number of aromatic amines is 1. The van der Waals surface area contributed by atoms with Gasteiger partial charge < -0.3 is 15.0 Å². The molecule has 21 heavy (non-hydrogen) atoms. The SMILES string of the molecule is CCC(NC(C)c1ccccc1OC(F)F)c1ncc[nH]1. The normalized spacial score (nSPS) is 14.1. The van der Waals surface area contributed by atoms with Gasteiger partial charge in [-0.25, -0.2) is 4.98 Å². The predicted octanol–water partition coefficient (Wildman–Crippen LogP) is 3.81. The van der Waals surface area contributed by atoms with Crippen molar-refractivity contribution in [1.82, 2.24) is 15.3 Å². The molecule has 1 aromatic carbocycles. The number of aromatic nitrogens is 2. The highest BCUT2D eigenvalue weighted by Gasteiger charge is 2.19. The van der Waals surface area contributed by atoms with Crippen LogP contribution in [0.1, 0.15) is 43.7 Å². The van der Waals surface area contributed by atoms with Gasteiger partial charge in [-0.2, -0.15) is 8.78 Å². The Morgan fingerprint density at radius 1 is 1.33 bits per heavy atom. The summed E-state index contributed by atoms with van der Waals surface area (Å²) in [7, 11) is 0. The van der Waals surface area contributed by atoms with E-state index >= 15 is 0 Å². The van der Waals surface area contributed by atoms with Gasteiger partial charge in [-0.15, -0.1) is 0 Å². The Labute approximate surface area is 122 Å². The Morgan fingerprint density at radius 2 is 2.10 bits per heavy atom. The lowest BCUT2D eigenvalue weighted by atomic mass is 10.1. The molecule has 1 aromatic heterocycles. The van der Waals surface area contributed by atoms with E-state index in [-0.39, 0.29) is 17.8 Å². The molecule has 1 heterocycles. The van der Waals surface area contributed by atoms with Crippen LogP contribution in [0.25, 0.3) is 0 Å². The minimum Gasteiger partial charge on any atom is -0.434 e. The molecule has 2 unspecified atom stereocenters. The largest absolute Gasteiger partial charge is 0.434 e. The fourth-order valence-corrected chi connectivity index (χ4v) is 2.29. The number of benzene rings is 1. The molecular formula is C15H19F2N3O. The minimum atomic E-state index is -2.83. The third kappa shape index (κ3) is 4.01. The summed E-state index contributed by atoms with van der Waals surface area (Å²) in [5, 5.41) is 3.38. The molecule has 4 nitrogen and oxygen atoms in total. The number of nitrogens with one attached hydrogen (secondary N) is 2. The monoisotopic (exact) mass is 295 g/mol. The molecule has 0 radical (unpaired) electrons. The molecule has 0 aliphatic heterocycles. The average Bonchev–Trinajstić information content (AvgIpc) is 2.98. The van der Waals surface area contributed by atoms with Gasteiger partial charge in [-0.3, -0.25) is 0 Å². The van der Waals surface area contributed by atoms with Crippen molar-refractivity contribution < 1.29 is 13.5 Å². The van der Waals surface area contributed by atoms with E-state index in [9.17, 15) is 8.78 Å². The first kappa shape index (κ1) is 15.4. The van der Waals surface area contributed by atoms with Gasteiger partial charge in [0.05, 0.1) is 6.04 Å². The summed E-state index contributed by atoms with van der Waals surface area (Å²) in [6.07, 6.45) is 4.28. The maximum atomic E-state index is 12.5. The molecule has 0 saturated heterocycles. The number of hydrogen-bond donors (Lipinski definition) is 2. The quantitative estimate of drug-likeness (QED) is 0.816. The molecule has 2 atom stereocenters. The molecule has 0 aliphatic carbocycles. The van der Waals surface area contributed by atoms with E-state index in [4.69, 9.17) is 0 Å². The lowest BCUT2D eigenvalue weighted by Gasteiger charge is -2.23. The van der Waals surface area contributed by atoms with Crippen LogP contribution in [0, 0.1) is 0 Å². The molecule has 2 N–H and O–H groups in total. The number of ether oxygens (including phenoxy) is 1. The van der Waals surface area contributed by atoms with Crippen LogP contribution in [0.5, 0.6) is 5.75 Å². The summed E-state index contributed by atoms with van der Waals surface area (Å²) in [4.78, 5) is 7.30. The van der Waals surface area contributed by atoms with Crippen molar-refractivity contribution in [3.63, 3.8) is 0 Å². The second kappa shape index (κ2) is 7.17. The molecule has 2 aromatic rings. The molecule has 0 fully saturated rings. The zero-order valence-electron chi connectivity index (χ0n) is 12.0. The van der Waals surface area contributed by atoms with Crippen molar-refractivity contribution in [2.45, 2.75) is 39.0 Å². The van der Waals surface area contributed by atoms with Crippen LogP contribution in [-0.2, 0) is 0 Å². The van der Waals surface area contributed by atoms with E-state index in [0.29, 0.717) is 5.56 Å². The van der Waals surface area contributed by atoms with E-state index < -0.39 is 6.61 Å². The van der Waals surface area contributed by atoms with E-state index in [0.717, 1.165) is 12.2 Å². The molecule has 114 valence electrons. The van der Waals surface area contributed by atoms with Crippen molar-refractivity contribution in [2.24, 2.45) is 0 Å². The van der Waals surface area contributed by atoms with Gasteiger partial charge in [0.1, 0.15) is 11.6 Å². The van der Waals surface area contributed by atoms with Gasteiger partial charge in [-0.1, -0.05) is 25.1 Å². The first-order valence-electron chi connectivity index (χ1n) is 6.90. The molecular weight excluding hydrogens is 276 g/mol. The van der Waals surface area contributed by atoms with Crippen LogP contribution < -0.4 is 10.1 Å². The zero-order chi connectivity index (χ0) is 15.2. The zero-order valence-corrected chi connectivity index (χ0v) is 12.0. The molecule has 2 rings (SSSR count). The summed E-state index contributed by atoms with van der Waals surface area (Å²) in [6, 6.07) is 6.69. The Balaban J connectivity index is 2.14. The van der Waals surface area contributed by atoms with Crippen molar-refractivity contribution in [3.8, 4) is 5.75 Å². The van der Waals surface area contributed by atoms with Crippen LogP contribution in [0.3, 0.4) is 0 Å². The number of H-pyrrole nitrogens is 1. The van der Waals surface area contributed by atoms with Gasteiger partial charge in [-0.05, 0) is 19.4 Å². The molecule has 6 heteroatoms. The van der Waals surface area contributed by atoms with Crippen molar-refractivity contribution >= 4 is 0 Å². The molecule has 0 spiro atoms. The fraction of sp³-hybridized carbons (Fsp3) is 0.400. The van der Waals surface area contributed by atoms with Crippen molar-refractivity contribution in [3.05, 3.63) is 48.0 Å². The van der Waals surface area contributed by atoms with Crippen molar-refractivity contribution in [1.29, 1.82) is 0 Å². The number of hydrogen-bond acceptors (Lipinski definition) is 3. The number of halogens is 2. The fourth-order valence-electron chi connectivity index (χ4n) is 2.29. The molecule has 0 amide bonds. The van der Waals surface area contributed by atoms with Crippen LogP contribution >= 0.6 is 0 Å². The van der Waals surface area contributed by atoms with E-state index in [2.05, 4.69) is 20.0 Å². The molecule has 0 bridgehead atoms. The summed E-state index contributed by atoms with van der Waals surface area (Å²) in [5.41, 5.74) is 0.697. The second-order valence-electron chi connectivity index (χ2n) is 4.74. The van der Waals surface area contributed by atoms with Crippen LogP contribution in [-0.4, -0.2) is 16.6 Å². The Bertz CT molecular complexity index is 546. The van der Waals surface area contributed by atoms with E-state index in [1.54, 1.807) is 36.7 Å². The average molecular weight is 295 g/mol. The molecule has 0 aliphatic rings. The van der Waals surface area contributed by atoms with Crippen molar-refractivity contribution in [2.75, 3.05) is 0 Å². The van der Waals surface area contributed by atoms with E-state index in [1.807, 2.05) is 13.8 Å². The lowest BCUT2D eigenvalue weighted by Crippen LogP contribution is -2.25. The van der Waals surface area contributed by atoms with Crippen LogP contribution in [0.2, 0.25) is 0 Å². The maximum Gasteiger partial charge on any atom is 0.387 e. The maximum absolute atomic E-state index is 12.5. The second-order valence-corrected chi connectivity index (χ2v) is 4.74. The third-order valence-electron chi connectivity index (χ3n) is 3.31.